The van der Waals surface area contributed by atoms with E-state index in [2.05, 4.69) is 18.7 Å². The van der Waals surface area contributed by atoms with Gasteiger partial charge in [-0.05, 0) is 39.4 Å². The average Bonchev–Trinajstić information content (AvgIpc) is 2.23. The first-order chi connectivity index (χ1) is 7.56. The summed E-state index contributed by atoms with van der Waals surface area (Å²) in [6, 6.07) is 0. The molecule has 0 rings (SSSR count). The molecule has 0 aliphatic heterocycles. The molecule has 0 aliphatic carbocycles. The van der Waals surface area contributed by atoms with Gasteiger partial charge in [0.1, 0.15) is 0 Å². The molecule has 0 amide bonds. The minimum atomic E-state index is -0.0507. The second-order valence-corrected chi connectivity index (χ2v) is 4.84. The van der Waals surface area contributed by atoms with E-state index in [9.17, 15) is 4.79 Å². The quantitative estimate of drug-likeness (QED) is 0.569. The highest BCUT2D eigenvalue weighted by Crippen LogP contribution is 2.08. The smallest absolute Gasteiger partial charge is 0.305 e. The van der Waals surface area contributed by atoms with Crippen LogP contribution in [0.1, 0.15) is 46.0 Å². The van der Waals surface area contributed by atoms with Gasteiger partial charge in [0.2, 0.25) is 0 Å². The first kappa shape index (κ1) is 15.4. The maximum Gasteiger partial charge on any atom is 0.305 e. The average molecular weight is 229 g/mol. The van der Waals surface area contributed by atoms with Crippen LogP contribution in [-0.4, -0.2) is 38.1 Å². The van der Waals surface area contributed by atoms with Crippen LogP contribution in [0, 0.1) is 5.92 Å². The summed E-state index contributed by atoms with van der Waals surface area (Å²) in [6.07, 6.45) is 5.01. The van der Waals surface area contributed by atoms with Crippen molar-refractivity contribution in [1.82, 2.24) is 4.90 Å². The topological polar surface area (TPSA) is 29.5 Å². The highest BCUT2D eigenvalue weighted by molar-refractivity contribution is 5.69. The summed E-state index contributed by atoms with van der Waals surface area (Å²) in [5, 5.41) is 0. The number of carbonyl (C=O) groups excluding carboxylic acids is 1. The van der Waals surface area contributed by atoms with Gasteiger partial charge in [-0.2, -0.15) is 0 Å². The third kappa shape index (κ3) is 9.97. The fraction of sp³-hybridized carbons (Fsp3) is 0.923. The van der Waals surface area contributed by atoms with Gasteiger partial charge in [0, 0.05) is 6.42 Å². The zero-order valence-corrected chi connectivity index (χ0v) is 11.3. The van der Waals surface area contributed by atoms with Gasteiger partial charge < -0.3 is 9.64 Å². The molecule has 0 spiro atoms. The summed E-state index contributed by atoms with van der Waals surface area (Å²) in [5.41, 5.74) is 0. The molecule has 0 saturated heterocycles. The Labute approximate surface area is 100 Å². The van der Waals surface area contributed by atoms with E-state index in [1.807, 2.05) is 14.1 Å². The van der Waals surface area contributed by atoms with Crippen molar-refractivity contribution in [2.24, 2.45) is 5.92 Å². The molecule has 0 N–H and O–H groups in total. The van der Waals surface area contributed by atoms with Crippen LogP contribution >= 0.6 is 0 Å². The summed E-state index contributed by atoms with van der Waals surface area (Å²) in [4.78, 5) is 13.4. The number of nitrogens with zero attached hydrogens (tertiary/aromatic N) is 1. The maximum atomic E-state index is 11.4. The Hall–Kier alpha value is -0.570. The molecule has 0 fully saturated rings. The molecule has 0 saturated carbocycles. The van der Waals surface area contributed by atoms with Crippen molar-refractivity contribution in [2.75, 3.05) is 27.2 Å². The number of hydrogen-bond donors (Lipinski definition) is 0. The van der Waals surface area contributed by atoms with Gasteiger partial charge in [-0.25, -0.2) is 0 Å². The number of rotatable bonds is 9. The van der Waals surface area contributed by atoms with Crippen molar-refractivity contribution in [3.8, 4) is 0 Å². The van der Waals surface area contributed by atoms with Crippen LogP contribution in [0.25, 0.3) is 0 Å². The van der Waals surface area contributed by atoms with Gasteiger partial charge >= 0.3 is 5.97 Å². The van der Waals surface area contributed by atoms with Gasteiger partial charge in [-0.15, -0.1) is 0 Å². The van der Waals surface area contributed by atoms with Crippen molar-refractivity contribution in [2.45, 2.75) is 46.0 Å². The van der Waals surface area contributed by atoms with Crippen LogP contribution < -0.4 is 0 Å². The molecule has 96 valence electrons. The fourth-order valence-electron chi connectivity index (χ4n) is 1.48. The van der Waals surface area contributed by atoms with E-state index in [-0.39, 0.29) is 5.97 Å². The highest BCUT2D eigenvalue weighted by atomic mass is 16.5. The summed E-state index contributed by atoms with van der Waals surface area (Å²) < 4.78 is 5.23. The Bertz CT molecular complexity index is 181. The molecule has 0 radical (unpaired) electrons. The predicted molar refractivity (Wildman–Crippen MR) is 67.4 cm³/mol. The molecule has 3 heteroatoms. The van der Waals surface area contributed by atoms with E-state index in [0.717, 1.165) is 19.4 Å². The Balaban J connectivity index is 3.42. The molecule has 16 heavy (non-hydrogen) atoms. The fourth-order valence-corrected chi connectivity index (χ4v) is 1.48. The van der Waals surface area contributed by atoms with E-state index < -0.39 is 0 Å². The third-order valence-corrected chi connectivity index (χ3v) is 2.57. The molecule has 0 aliphatic rings. The van der Waals surface area contributed by atoms with Crippen LogP contribution in [0.3, 0.4) is 0 Å². The van der Waals surface area contributed by atoms with Crippen LogP contribution in [0.15, 0.2) is 0 Å². The van der Waals surface area contributed by atoms with Gasteiger partial charge in [-0.3, -0.25) is 4.79 Å². The standard InChI is InChI=1S/C13H27NO2/c1-5-6-8-12(2)11-16-13(15)9-7-10-14(3)4/h12H,5-11H2,1-4H3. The van der Waals surface area contributed by atoms with Crippen molar-refractivity contribution in [3.63, 3.8) is 0 Å². The lowest BCUT2D eigenvalue weighted by atomic mass is 10.1. The van der Waals surface area contributed by atoms with E-state index >= 15 is 0 Å². The molecule has 1 atom stereocenters. The summed E-state index contributed by atoms with van der Waals surface area (Å²) >= 11 is 0. The van der Waals surface area contributed by atoms with Gasteiger partial charge in [0.25, 0.3) is 0 Å². The monoisotopic (exact) mass is 229 g/mol. The minimum Gasteiger partial charge on any atom is -0.465 e. The normalized spacial score (nSPS) is 12.8. The predicted octanol–water partition coefficient (Wildman–Crippen LogP) is 2.70. The minimum absolute atomic E-state index is 0.0507. The Morgan fingerprint density at radius 2 is 2.00 bits per heavy atom. The van der Waals surface area contributed by atoms with Crippen LogP contribution in [0.5, 0.6) is 0 Å². The van der Waals surface area contributed by atoms with Crippen molar-refractivity contribution < 1.29 is 9.53 Å². The number of unbranched alkanes of at least 4 members (excludes halogenated alkanes) is 1. The second kappa shape index (κ2) is 9.64. The van der Waals surface area contributed by atoms with E-state index in [4.69, 9.17) is 4.74 Å². The maximum absolute atomic E-state index is 11.4. The summed E-state index contributed by atoms with van der Waals surface area (Å²) in [6.45, 7) is 5.85. The van der Waals surface area contributed by atoms with Gasteiger partial charge in [0.05, 0.1) is 6.61 Å². The largest absolute Gasteiger partial charge is 0.465 e. The van der Waals surface area contributed by atoms with Crippen LogP contribution in [0.4, 0.5) is 0 Å². The summed E-state index contributed by atoms with van der Waals surface area (Å²) in [5.74, 6) is 0.447. The lowest BCUT2D eigenvalue weighted by molar-refractivity contribution is -0.145. The Morgan fingerprint density at radius 1 is 1.31 bits per heavy atom. The molecule has 0 aromatic heterocycles. The molecule has 0 bridgehead atoms. The lowest BCUT2D eigenvalue weighted by Gasteiger charge is -2.12. The summed E-state index contributed by atoms with van der Waals surface area (Å²) in [7, 11) is 4.02. The number of esters is 1. The number of hydrogen-bond acceptors (Lipinski definition) is 3. The molecule has 0 aromatic carbocycles. The van der Waals surface area contributed by atoms with E-state index in [1.165, 1.54) is 12.8 Å². The Kier molecular flexibility index (Phi) is 9.30. The van der Waals surface area contributed by atoms with E-state index in [0.29, 0.717) is 18.9 Å². The first-order valence-electron chi connectivity index (χ1n) is 6.36. The number of carbonyl (C=O) groups is 1. The molecule has 0 aromatic rings. The molecule has 1 unspecified atom stereocenters. The van der Waals surface area contributed by atoms with Crippen molar-refractivity contribution in [1.29, 1.82) is 0 Å². The van der Waals surface area contributed by atoms with Crippen molar-refractivity contribution in [3.05, 3.63) is 0 Å². The molecular weight excluding hydrogens is 202 g/mol. The first-order valence-corrected chi connectivity index (χ1v) is 6.36. The van der Waals surface area contributed by atoms with Crippen molar-refractivity contribution >= 4 is 5.97 Å². The van der Waals surface area contributed by atoms with Gasteiger partial charge in [-0.1, -0.05) is 26.7 Å². The SMILES string of the molecule is CCCCC(C)COC(=O)CCCN(C)C. The zero-order chi connectivity index (χ0) is 12.4. The van der Waals surface area contributed by atoms with E-state index in [1.54, 1.807) is 0 Å². The van der Waals surface area contributed by atoms with Crippen LogP contribution in [-0.2, 0) is 9.53 Å². The zero-order valence-electron chi connectivity index (χ0n) is 11.3. The molecule has 0 heterocycles. The van der Waals surface area contributed by atoms with Crippen LogP contribution in [0.2, 0.25) is 0 Å². The molecular formula is C13H27NO2. The molecule has 3 nitrogen and oxygen atoms in total. The highest BCUT2D eigenvalue weighted by Gasteiger charge is 2.07. The third-order valence-electron chi connectivity index (χ3n) is 2.57. The Morgan fingerprint density at radius 3 is 2.56 bits per heavy atom. The lowest BCUT2D eigenvalue weighted by Crippen LogP contribution is -2.16. The second-order valence-electron chi connectivity index (χ2n) is 4.84. The number of ether oxygens (including phenoxy) is 1. The van der Waals surface area contributed by atoms with Gasteiger partial charge in [0.15, 0.2) is 0 Å².